The zero-order valence-corrected chi connectivity index (χ0v) is 16.3. The first-order valence-electron chi connectivity index (χ1n) is 8.18. The average Bonchev–Trinajstić information content (AvgIpc) is 3.19. The van der Waals surface area contributed by atoms with Crippen molar-refractivity contribution < 1.29 is 35.8 Å². The van der Waals surface area contributed by atoms with Crippen LogP contribution in [0.3, 0.4) is 0 Å². The molecule has 2 N–H and O–H groups in total. The van der Waals surface area contributed by atoms with Gasteiger partial charge in [0, 0.05) is 5.56 Å². The minimum absolute atomic E-state index is 0.0285. The van der Waals surface area contributed by atoms with Crippen LogP contribution in [0.4, 0.5) is 0 Å². The normalized spacial score (nSPS) is 13.9. The Bertz CT molecular complexity index is 1430. The maximum atomic E-state index is 12.5. The van der Waals surface area contributed by atoms with E-state index in [1.807, 2.05) is 0 Å². The molecule has 0 fully saturated rings. The van der Waals surface area contributed by atoms with Gasteiger partial charge >= 0.3 is 0 Å². The zero-order chi connectivity index (χ0) is 21.8. The Hall–Kier alpha value is -3.32. The van der Waals surface area contributed by atoms with Gasteiger partial charge in [0.05, 0.1) is 32.3 Å². The lowest BCUT2D eigenvalue weighted by Gasteiger charge is -2.08. The maximum absolute atomic E-state index is 12.5. The summed E-state index contributed by atoms with van der Waals surface area (Å²) in [6, 6.07) is 9.45. The van der Waals surface area contributed by atoms with Crippen molar-refractivity contribution in [2.75, 3.05) is 0 Å². The molecule has 154 valence electrons. The van der Waals surface area contributed by atoms with Crippen LogP contribution >= 0.6 is 0 Å². The van der Waals surface area contributed by atoms with Gasteiger partial charge in [-0.15, -0.1) is 0 Å². The van der Waals surface area contributed by atoms with E-state index in [2.05, 4.69) is 9.98 Å². The Morgan fingerprint density at radius 1 is 0.767 bits per heavy atom. The number of nitrogens with one attached hydrogen (secondary N) is 1. The van der Waals surface area contributed by atoms with Crippen molar-refractivity contribution in [1.29, 1.82) is 0 Å². The highest BCUT2D eigenvalue weighted by molar-refractivity contribution is 7.86. The maximum Gasteiger partial charge on any atom is 0.280 e. The molecular formula is C18H10N2O8S2-2. The van der Waals surface area contributed by atoms with Crippen LogP contribution < -0.4 is 0 Å². The van der Waals surface area contributed by atoms with E-state index in [4.69, 9.17) is 0 Å². The first-order chi connectivity index (χ1) is 14.0. The summed E-state index contributed by atoms with van der Waals surface area (Å²) in [6.45, 7) is 0. The second kappa shape index (κ2) is 6.60. The molecule has 1 aliphatic rings. The van der Waals surface area contributed by atoms with Crippen LogP contribution in [0.25, 0.3) is 11.3 Å². The van der Waals surface area contributed by atoms with E-state index < -0.39 is 35.9 Å². The van der Waals surface area contributed by atoms with E-state index in [0.717, 1.165) is 24.3 Å². The van der Waals surface area contributed by atoms with Gasteiger partial charge in [0.15, 0.2) is 5.88 Å². The van der Waals surface area contributed by atoms with Gasteiger partial charge in [-0.2, -0.15) is 0 Å². The minimum atomic E-state index is -4.65. The van der Waals surface area contributed by atoms with Crippen LogP contribution in [0, 0.1) is 0 Å². The van der Waals surface area contributed by atoms with Crippen LogP contribution in [-0.2, 0) is 20.2 Å². The predicted octanol–water partition coefficient (Wildman–Crippen LogP) is 1.19. The fraction of sp³-hybridized carbons (Fsp3) is 0. The van der Waals surface area contributed by atoms with Crippen LogP contribution in [0.1, 0.15) is 21.5 Å². The van der Waals surface area contributed by atoms with Gasteiger partial charge in [-0.05, 0) is 29.8 Å². The molecule has 0 atom stereocenters. The number of rotatable bonds is 4. The Kier molecular flexibility index (Phi) is 4.39. The van der Waals surface area contributed by atoms with Crippen molar-refractivity contribution in [2.24, 2.45) is 4.99 Å². The van der Waals surface area contributed by atoms with Crippen LogP contribution in [0.5, 0.6) is 5.88 Å². The third kappa shape index (κ3) is 3.31. The summed E-state index contributed by atoms with van der Waals surface area (Å²) < 4.78 is 66.5. The second-order valence-electron chi connectivity index (χ2n) is 6.32. The van der Waals surface area contributed by atoms with Crippen molar-refractivity contribution in [1.82, 2.24) is 4.98 Å². The van der Waals surface area contributed by atoms with Crippen LogP contribution in [-0.4, -0.2) is 47.7 Å². The average molecular weight is 446 g/mol. The van der Waals surface area contributed by atoms with Gasteiger partial charge in [-0.1, -0.05) is 24.3 Å². The summed E-state index contributed by atoms with van der Waals surface area (Å²) in [6.07, 6.45) is 0. The number of aromatic amines is 1. The molecule has 3 aromatic rings. The van der Waals surface area contributed by atoms with Gasteiger partial charge in [0.25, 0.3) is 5.91 Å². The molecule has 4 rings (SSSR count). The molecule has 0 bridgehead atoms. The minimum Gasteiger partial charge on any atom is -0.744 e. The Morgan fingerprint density at radius 3 is 1.70 bits per heavy atom. The topological polar surface area (TPSA) is 180 Å². The molecule has 0 aliphatic carbocycles. The molecular weight excluding hydrogens is 436 g/mol. The van der Waals surface area contributed by atoms with Gasteiger partial charge in [-0.25, -0.2) is 21.8 Å². The Morgan fingerprint density at radius 2 is 1.23 bits per heavy atom. The molecule has 10 nitrogen and oxygen atoms in total. The lowest BCUT2D eigenvalue weighted by atomic mass is 10.0. The van der Waals surface area contributed by atoms with E-state index >= 15 is 0 Å². The number of aromatic nitrogens is 1. The molecule has 2 aromatic carbocycles. The Balaban J connectivity index is 1.79. The summed E-state index contributed by atoms with van der Waals surface area (Å²) in [5.74, 6) is -1.07. The number of benzene rings is 2. The molecule has 2 heterocycles. The highest BCUT2D eigenvalue weighted by Gasteiger charge is 2.33. The van der Waals surface area contributed by atoms with E-state index in [-0.39, 0.29) is 28.4 Å². The van der Waals surface area contributed by atoms with Crippen molar-refractivity contribution in [3.63, 3.8) is 0 Å². The summed E-state index contributed by atoms with van der Waals surface area (Å²) in [4.78, 5) is 18.1. The van der Waals surface area contributed by atoms with Gasteiger partial charge in [0.1, 0.15) is 20.2 Å². The van der Waals surface area contributed by atoms with E-state index in [0.29, 0.717) is 11.1 Å². The zero-order valence-electron chi connectivity index (χ0n) is 14.7. The molecule has 12 heteroatoms. The number of hydrogen-bond acceptors (Lipinski definition) is 8. The number of carbonyl (C=O) groups excluding carboxylic acids is 1. The number of H-pyrrole nitrogens is 1. The molecule has 0 saturated heterocycles. The summed E-state index contributed by atoms with van der Waals surface area (Å²) in [7, 11) is -9.29. The molecule has 0 radical (unpaired) electrons. The summed E-state index contributed by atoms with van der Waals surface area (Å²) in [5, 5.41) is 10.4. The number of aliphatic imine (C=N–C) groups is 1. The highest BCUT2D eigenvalue weighted by atomic mass is 32.2. The first kappa shape index (κ1) is 20.0. The fourth-order valence-electron chi connectivity index (χ4n) is 3.14. The smallest absolute Gasteiger partial charge is 0.280 e. The molecule has 1 aromatic heterocycles. The van der Waals surface area contributed by atoms with E-state index in [9.17, 15) is 35.8 Å². The largest absolute Gasteiger partial charge is 0.744 e. The molecule has 0 saturated carbocycles. The molecule has 1 amide bonds. The van der Waals surface area contributed by atoms with Crippen LogP contribution in [0.15, 0.2) is 63.3 Å². The van der Waals surface area contributed by atoms with Crippen molar-refractivity contribution in [2.45, 2.75) is 9.79 Å². The lowest BCUT2D eigenvalue weighted by Crippen LogP contribution is -2.02. The molecule has 1 aliphatic heterocycles. The first-order valence-corrected chi connectivity index (χ1v) is 11.0. The third-order valence-corrected chi connectivity index (χ3v) is 6.19. The van der Waals surface area contributed by atoms with Gasteiger partial charge < -0.3 is 19.2 Å². The summed E-state index contributed by atoms with van der Waals surface area (Å²) in [5.41, 5.74) is 0.970. The van der Waals surface area contributed by atoms with Crippen molar-refractivity contribution in [3.8, 4) is 17.1 Å². The Labute approximate surface area is 170 Å². The molecule has 30 heavy (non-hydrogen) atoms. The lowest BCUT2D eigenvalue weighted by molar-refractivity contribution is 0.101. The van der Waals surface area contributed by atoms with Gasteiger partial charge in [0.2, 0.25) is 0 Å². The quantitative estimate of drug-likeness (QED) is 0.560. The number of carbonyl (C=O) groups is 1. The fourth-order valence-corrected chi connectivity index (χ4v) is 4.08. The number of amides is 1. The van der Waals surface area contributed by atoms with E-state index in [1.54, 1.807) is 0 Å². The number of hydrogen-bond donors (Lipinski definition) is 2. The highest BCUT2D eigenvalue weighted by Crippen LogP contribution is 2.38. The monoisotopic (exact) mass is 446 g/mol. The number of fused-ring (bicyclic) bond motifs is 1. The molecule has 0 unspecified atom stereocenters. The van der Waals surface area contributed by atoms with E-state index in [1.165, 1.54) is 24.3 Å². The predicted molar refractivity (Wildman–Crippen MR) is 100 cm³/mol. The third-order valence-electron chi connectivity index (χ3n) is 4.49. The standard InChI is InChI=1S/C18H12N2O8S2/c21-17-13-14(16(20-17)10-3-7-12(8-4-10)30(26,27)28)18(22)19-15(13)9-1-5-11(6-2-9)29(23,24)25/h1-8,19,22H,(H,23,24,25)(H,26,27,28)/p-2. The van der Waals surface area contributed by atoms with Crippen LogP contribution in [0.2, 0.25) is 0 Å². The second-order valence-corrected chi connectivity index (χ2v) is 9.08. The van der Waals surface area contributed by atoms with Gasteiger partial charge in [-0.3, -0.25) is 4.79 Å². The van der Waals surface area contributed by atoms with Crippen molar-refractivity contribution in [3.05, 3.63) is 65.2 Å². The SMILES string of the molecule is O=C1N=C(c2ccc(S(=O)(=O)[O-])cc2)c2c(O)[nH]c(-c3ccc(S(=O)(=O)[O-])cc3)c21. The number of aromatic hydroxyl groups is 1. The summed E-state index contributed by atoms with van der Waals surface area (Å²) >= 11 is 0. The number of nitrogens with zero attached hydrogens (tertiary/aromatic N) is 1. The van der Waals surface area contributed by atoms with Crippen molar-refractivity contribution >= 4 is 31.9 Å². The molecule has 0 spiro atoms.